The summed E-state index contributed by atoms with van der Waals surface area (Å²) in [6.07, 6.45) is 4.26. The molecule has 1 aromatic heterocycles. The molecule has 1 radical (unpaired) electrons. The quantitative estimate of drug-likeness (QED) is 0.200. The molecule has 1 aliphatic heterocycles. The molecule has 0 fully saturated rings. The maximum atomic E-state index is 11.2. The SMILES string of the molecule is CC(C)CC(=O)/C=C(\O)CC(C)C.[Ir].[c-]1cc2ccccc2c2c1-c1ncccc1OC2. The van der Waals surface area contributed by atoms with E-state index in [9.17, 15) is 9.90 Å². The van der Waals surface area contributed by atoms with E-state index in [1.165, 1.54) is 22.4 Å². The van der Waals surface area contributed by atoms with Crippen molar-refractivity contribution in [3.8, 4) is 17.0 Å². The second kappa shape index (κ2) is 11.9. The van der Waals surface area contributed by atoms with Gasteiger partial charge < -0.3 is 14.8 Å². The van der Waals surface area contributed by atoms with Gasteiger partial charge in [0, 0.05) is 50.9 Å². The van der Waals surface area contributed by atoms with Gasteiger partial charge in [0.15, 0.2) is 5.78 Å². The maximum absolute atomic E-state index is 11.2. The molecule has 0 bridgehead atoms. The molecule has 32 heavy (non-hydrogen) atoms. The van der Waals surface area contributed by atoms with Crippen LogP contribution in [0, 0.1) is 17.9 Å². The average Bonchev–Trinajstić information content (AvgIpc) is 2.72. The van der Waals surface area contributed by atoms with Crippen LogP contribution in [-0.2, 0) is 31.5 Å². The van der Waals surface area contributed by atoms with Crippen LogP contribution in [0.2, 0.25) is 0 Å². The number of nitrogens with zero attached hydrogens (tertiary/aromatic N) is 1. The molecule has 3 aromatic rings. The van der Waals surface area contributed by atoms with Gasteiger partial charge in [0.2, 0.25) is 0 Å². The second-order valence-electron chi connectivity index (χ2n) is 8.67. The molecule has 1 aliphatic rings. The van der Waals surface area contributed by atoms with Crippen molar-refractivity contribution in [3.05, 3.63) is 72.1 Å². The first-order chi connectivity index (χ1) is 14.8. The number of benzene rings is 2. The van der Waals surface area contributed by atoms with Gasteiger partial charge in [-0.3, -0.25) is 4.79 Å². The third-order valence-corrected chi connectivity index (χ3v) is 4.89. The Bertz CT molecular complexity index is 1090. The summed E-state index contributed by atoms with van der Waals surface area (Å²) in [6.45, 7) is 8.59. The van der Waals surface area contributed by atoms with Gasteiger partial charge in [-0.2, -0.15) is 0 Å². The Hall–Kier alpha value is -2.49. The molecule has 4 rings (SSSR count). The summed E-state index contributed by atoms with van der Waals surface area (Å²) in [7, 11) is 0. The van der Waals surface area contributed by atoms with Gasteiger partial charge >= 0.3 is 0 Å². The van der Waals surface area contributed by atoms with Crippen LogP contribution in [-0.4, -0.2) is 15.9 Å². The molecule has 0 aliphatic carbocycles. The minimum absolute atomic E-state index is 0. The maximum Gasteiger partial charge on any atom is 0.159 e. The van der Waals surface area contributed by atoms with Crippen LogP contribution in [0.4, 0.5) is 0 Å². The van der Waals surface area contributed by atoms with E-state index < -0.39 is 0 Å². The fraction of sp³-hybridized carbons (Fsp3) is 0.333. The summed E-state index contributed by atoms with van der Waals surface area (Å²) in [5.41, 5.74) is 3.14. The first-order valence-corrected chi connectivity index (χ1v) is 10.8. The van der Waals surface area contributed by atoms with Crippen LogP contribution in [0.25, 0.3) is 22.0 Å². The van der Waals surface area contributed by atoms with E-state index in [-0.39, 0.29) is 31.6 Å². The standard InChI is InChI=1S/C16H10NO.C11H20O2.Ir/c1-2-5-12-11(4-1)7-8-13-14(12)10-18-15-6-3-9-17-16(13)15;1-8(2)5-10(12)7-11(13)6-9(3)4;/h1-7,9H,10H2;7-9,12H,5-6H2,1-4H3;/q-1;;/b;10-7-;. The van der Waals surface area contributed by atoms with Crippen molar-refractivity contribution in [1.29, 1.82) is 0 Å². The van der Waals surface area contributed by atoms with Gasteiger partial charge in [-0.05, 0) is 24.0 Å². The Morgan fingerprint density at radius 3 is 2.56 bits per heavy atom. The van der Waals surface area contributed by atoms with Crippen molar-refractivity contribution in [2.45, 2.75) is 47.1 Å². The molecule has 4 nitrogen and oxygen atoms in total. The third kappa shape index (κ3) is 6.75. The van der Waals surface area contributed by atoms with Crippen molar-refractivity contribution in [2.75, 3.05) is 0 Å². The summed E-state index contributed by atoms with van der Waals surface area (Å²) in [4.78, 5) is 15.6. The molecule has 2 heterocycles. The number of carbonyl (C=O) groups is 1. The zero-order valence-electron chi connectivity index (χ0n) is 19.0. The number of pyridine rings is 1. The van der Waals surface area contributed by atoms with Crippen molar-refractivity contribution in [1.82, 2.24) is 4.98 Å². The molecule has 171 valence electrons. The van der Waals surface area contributed by atoms with E-state index in [2.05, 4.69) is 29.2 Å². The second-order valence-corrected chi connectivity index (χ2v) is 8.67. The number of allylic oxidation sites excluding steroid dienone is 2. The van der Waals surface area contributed by atoms with Crippen molar-refractivity contribution >= 4 is 16.6 Å². The van der Waals surface area contributed by atoms with Gasteiger partial charge in [-0.15, -0.1) is 17.7 Å². The fourth-order valence-corrected chi connectivity index (χ4v) is 3.60. The molecule has 2 aromatic carbocycles. The Morgan fingerprint density at radius 2 is 1.84 bits per heavy atom. The fourth-order valence-electron chi connectivity index (χ4n) is 3.60. The molecule has 0 atom stereocenters. The summed E-state index contributed by atoms with van der Waals surface area (Å²) < 4.78 is 5.78. The van der Waals surface area contributed by atoms with Gasteiger partial charge in [-0.25, -0.2) is 0 Å². The molecule has 0 spiro atoms. The molecular formula is C27H30IrNO3-. The van der Waals surface area contributed by atoms with Crippen LogP contribution in [0.5, 0.6) is 5.75 Å². The van der Waals surface area contributed by atoms with E-state index in [0.29, 0.717) is 31.3 Å². The molecule has 0 saturated heterocycles. The molecule has 0 saturated carbocycles. The van der Waals surface area contributed by atoms with Crippen molar-refractivity contribution < 1.29 is 34.7 Å². The van der Waals surface area contributed by atoms with E-state index in [1.54, 1.807) is 6.20 Å². The Labute approximate surface area is 204 Å². The first-order valence-electron chi connectivity index (χ1n) is 10.8. The van der Waals surface area contributed by atoms with Gasteiger partial charge in [0.05, 0.1) is 12.4 Å². The van der Waals surface area contributed by atoms with Crippen LogP contribution >= 0.6 is 0 Å². The van der Waals surface area contributed by atoms with E-state index >= 15 is 0 Å². The number of fused-ring (bicyclic) bond motifs is 5. The van der Waals surface area contributed by atoms with Gasteiger partial charge in [0.1, 0.15) is 5.75 Å². The number of hydrogen-bond donors (Lipinski definition) is 1. The zero-order valence-corrected chi connectivity index (χ0v) is 21.4. The zero-order chi connectivity index (χ0) is 22.4. The summed E-state index contributed by atoms with van der Waals surface area (Å²) in [5, 5.41) is 11.8. The van der Waals surface area contributed by atoms with E-state index in [1.807, 2.05) is 52.0 Å². The van der Waals surface area contributed by atoms with E-state index in [4.69, 9.17) is 4.74 Å². The third-order valence-electron chi connectivity index (χ3n) is 4.89. The Balaban J connectivity index is 0.000000234. The molecule has 0 amide bonds. The smallest absolute Gasteiger partial charge is 0.159 e. The predicted octanol–water partition coefficient (Wildman–Crippen LogP) is 6.68. The molecule has 1 N–H and O–H groups in total. The molecule has 0 unspecified atom stereocenters. The minimum Gasteiger partial charge on any atom is -0.512 e. The van der Waals surface area contributed by atoms with Crippen LogP contribution in [0.15, 0.2) is 60.5 Å². The largest absolute Gasteiger partial charge is 0.512 e. The van der Waals surface area contributed by atoms with Gasteiger partial charge in [0.25, 0.3) is 0 Å². The minimum atomic E-state index is 0. The van der Waals surface area contributed by atoms with Crippen molar-refractivity contribution in [3.63, 3.8) is 0 Å². The normalized spacial score (nSPS) is 12.2. The predicted molar refractivity (Wildman–Crippen MR) is 125 cm³/mol. The summed E-state index contributed by atoms with van der Waals surface area (Å²) >= 11 is 0. The van der Waals surface area contributed by atoms with Crippen LogP contribution < -0.4 is 4.74 Å². The number of carbonyl (C=O) groups excluding carboxylic acids is 1. The topological polar surface area (TPSA) is 59.4 Å². The van der Waals surface area contributed by atoms with Crippen LogP contribution in [0.1, 0.15) is 46.1 Å². The number of ketones is 1. The number of rotatable bonds is 5. The van der Waals surface area contributed by atoms with Gasteiger partial charge in [-0.1, -0.05) is 68.3 Å². The Morgan fingerprint density at radius 1 is 1.12 bits per heavy atom. The monoisotopic (exact) mass is 609 g/mol. The average molecular weight is 609 g/mol. The number of aliphatic hydroxyl groups is 1. The van der Waals surface area contributed by atoms with Crippen molar-refractivity contribution in [2.24, 2.45) is 11.8 Å². The molecular weight excluding hydrogens is 579 g/mol. The number of hydrogen-bond acceptors (Lipinski definition) is 4. The molecule has 5 heteroatoms. The van der Waals surface area contributed by atoms with Crippen LogP contribution in [0.3, 0.4) is 0 Å². The Kier molecular flexibility index (Phi) is 9.61. The number of aliphatic hydroxyl groups excluding tert-OH is 1. The summed E-state index contributed by atoms with van der Waals surface area (Å²) in [5.74, 6) is 1.82. The first kappa shape index (κ1) is 25.8. The number of aromatic nitrogens is 1. The van der Waals surface area contributed by atoms with E-state index in [0.717, 1.165) is 17.0 Å². The summed E-state index contributed by atoms with van der Waals surface area (Å²) in [6, 6.07) is 17.5. The number of ether oxygens (including phenoxy) is 1.